The fourth-order valence-corrected chi connectivity index (χ4v) is 2.65. The van der Waals surface area contributed by atoms with Gasteiger partial charge < -0.3 is 4.43 Å². The highest BCUT2D eigenvalue weighted by molar-refractivity contribution is 6.48. The van der Waals surface area contributed by atoms with Gasteiger partial charge in [0.05, 0.1) is 6.61 Å². The zero-order valence-corrected chi connectivity index (χ0v) is 12.3. The van der Waals surface area contributed by atoms with Crippen LogP contribution in [0.25, 0.3) is 0 Å². The van der Waals surface area contributed by atoms with E-state index in [1.807, 2.05) is 0 Å². The molecule has 0 fully saturated rings. The van der Waals surface area contributed by atoms with Crippen LogP contribution in [0.15, 0.2) is 11.1 Å². The maximum absolute atomic E-state index is 5.84. The molecule has 0 N–H and O–H groups in total. The average molecular weight is 226 g/mol. The normalized spacial score (nSPS) is 23.0. The van der Waals surface area contributed by atoms with Crippen molar-refractivity contribution in [3.8, 4) is 0 Å². The predicted octanol–water partition coefficient (Wildman–Crippen LogP) is 3.76. The highest BCUT2D eigenvalue weighted by Crippen LogP contribution is 2.42. The van der Waals surface area contributed by atoms with Crippen molar-refractivity contribution in [2.24, 2.45) is 11.3 Å². The van der Waals surface area contributed by atoms with E-state index in [0.29, 0.717) is 5.41 Å². The van der Waals surface area contributed by atoms with Crippen LogP contribution in [-0.2, 0) is 4.43 Å². The molecule has 1 rings (SSSR count). The highest BCUT2D eigenvalue weighted by atomic mass is 28.3. The van der Waals surface area contributed by atoms with Crippen LogP contribution >= 0.6 is 0 Å². The van der Waals surface area contributed by atoms with Gasteiger partial charge in [0.25, 0.3) is 0 Å². The van der Waals surface area contributed by atoms with Gasteiger partial charge in [-0.2, -0.15) is 0 Å². The quantitative estimate of drug-likeness (QED) is 0.526. The standard InChI is InChI=1S/C13H26OSi/c1-10-7-12(13(2,3)4)8-11(10)9-14-15(5)6/h12,15H,7-9H2,1-6H3. The first kappa shape index (κ1) is 13.0. The summed E-state index contributed by atoms with van der Waals surface area (Å²) in [6, 6.07) is 0. The molecule has 0 radical (unpaired) electrons. The highest BCUT2D eigenvalue weighted by Gasteiger charge is 2.30. The Morgan fingerprint density at radius 2 is 1.87 bits per heavy atom. The molecule has 2 heteroatoms. The van der Waals surface area contributed by atoms with Crippen LogP contribution in [-0.4, -0.2) is 15.6 Å². The molecule has 0 heterocycles. The Morgan fingerprint density at radius 1 is 1.27 bits per heavy atom. The van der Waals surface area contributed by atoms with Gasteiger partial charge >= 0.3 is 0 Å². The number of allylic oxidation sites excluding steroid dienone is 1. The Hall–Kier alpha value is -0.0831. The lowest BCUT2D eigenvalue weighted by Gasteiger charge is -2.27. The minimum Gasteiger partial charge on any atom is -0.417 e. The van der Waals surface area contributed by atoms with Gasteiger partial charge in [-0.05, 0) is 49.8 Å². The fourth-order valence-electron chi connectivity index (χ4n) is 2.12. The summed E-state index contributed by atoms with van der Waals surface area (Å²) in [5.41, 5.74) is 3.61. The third-order valence-corrected chi connectivity index (χ3v) is 4.30. The summed E-state index contributed by atoms with van der Waals surface area (Å²) in [4.78, 5) is 0. The van der Waals surface area contributed by atoms with Crippen molar-refractivity contribution in [3.63, 3.8) is 0 Å². The van der Waals surface area contributed by atoms with Crippen LogP contribution in [0.3, 0.4) is 0 Å². The second-order valence-corrected chi connectivity index (χ2v) is 8.65. The van der Waals surface area contributed by atoms with E-state index < -0.39 is 9.04 Å². The van der Waals surface area contributed by atoms with Gasteiger partial charge in [0.2, 0.25) is 0 Å². The smallest absolute Gasteiger partial charge is 0.171 e. The van der Waals surface area contributed by atoms with Crippen LogP contribution in [0, 0.1) is 11.3 Å². The van der Waals surface area contributed by atoms with E-state index in [-0.39, 0.29) is 0 Å². The summed E-state index contributed by atoms with van der Waals surface area (Å²) in [5.74, 6) is 0.824. The maximum atomic E-state index is 5.84. The van der Waals surface area contributed by atoms with Gasteiger partial charge in [0.1, 0.15) is 0 Å². The van der Waals surface area contributed by atoms with E-state index in [4.69, 9.17) is 4.43 Å². The summed E-state index contributed by atoms with van der Waals surface area (Å²) in [6.45, 7) is 14.7. The molecule has 15 heavy (non-hydrogen) atoms. The van der Waals surface area contributed by atoms with Crippen molar-refractivity contribution in [2.45, 2.75) is 53.6 Å². The summed E-state index contributed by atoms with van der Waals surface area (Å²) in [7, 11) is -0.851. The molecule has 0 spiro atoms. The molecule has 0 aromatic rings. The Labute approximate surface area is 96.6 Å². The predicted molar refractivity (Wildman–Crippen MR) is 69.7 cm³/mol. The molecule has 0 aromatic heterocycles. The second kappa shape index (κ2) is 4.83. The van der Waals surface area contributed by atoms with E-state index in [1.54, 1.807) is 11.1 Å². The maximum Gasteiger partial charge on any atom is 0.171 e. The van der Waals surface area contributed by atoms with Crippen molar-refractivity contribution in [3.05, 3.63) is 11.1 Å². The molecule has 0 aliphatic heterocycles. The molecule has 0 amide bonds. The molecule has 0 saturated heterocycles. The van der Waals surface area contributed by atoms with E-state index in [1.165, 1.54) is 12.8 Å². The molecule has 1 atom stereocenters. The lowest BCUT2D eigenvalue weighted by atomic mass is 9.78. The van der Waals surface area contributed by atoms with Crippen LogP contribution < -0.4 is 0 Å². The monoisotopic (exact) mass is 226 g/mol. The van der Waals surface area contributed by atoms with Crippen LogP contribution in [0.1, 0.15) is 40.5 Å². The Bertz CT molecular complexity index is 248. The molecular formula is C13H26OSi. The van der Waals surface area contributed by atoms with E-state index in [2.05, 4.69) is 40.8 Å². The van der Waals surface area contributed by atoms with Crippen LogP contribution in [0.4, 0.5) is 0 Å². The summed E-state index contributed by atoms with van der Waals surface area (Å²) < 4.78 is 5.84. The van der Waals surface area contributed by atoms with Gasteiger partial charge in [-0.1, -0.05) is 26.3 Å². The molecule has 1 aliphatic rings. The first-order chi connectivity index (χ1) is 6.80. The molecule has 1 aliphatic carbocycles. The Morgan fingerprint density at radius 3 is 2.27 bits per heavy atom. The van der Waals surface area contributed by atoms with Crippen molar-refractivity contribution >= 4 is 9.04 Å². The van der Waals surface area contributed by atoms with Gasteiger partial charge in [0, 0.05) is 0 Å². The zero-order chi connectivity index (χ0) is 11.6. The first-order valence-corrected chi connectivity index (χ1v) is 8.88. The Balaban J connectivity index is 2.51. The zero-order valence-electron chi connectivity index (χ0n) is 11.2. The van der Waals surface area contributed by atoms with Gasteiger partial charge in [-0.25, -0.2) is 0 Å². The fraction of sp³-hybridized carbons (Fsp3) is 0.846. The van der Waals surface area contributed by atoms with E-state index in [9.17, 15) is 0 Å². The SMILES string of the molecule is CC1=C(CO[SiH](C)C)CC(C(C)(C)C)C1. The van der Waals surface area contributed by atoms with E-state index >= 15 is 0 Å². The number of rotatable bonds is 3. The van der Waals surface area contributed by atoms with Gasteiger partial charge in [0.15, 0.2) is 9.04 Å². The minimum absolute atomic E-state index is 0.443. The first-order valence-electron chi connectivity index (χ1n) is 6.09. The van der Waals surface area contributed by atoms with Gasteiger partial charge in [-0.15, -0.1) is 0 Å². The second-order valence-electron chi connectivity index (χ2n) is 6.21. The summed E-state index contributed by atoms with van der Waals surface area (Å²) in [6.07, 6.45) is 2.54. The molecule has 0 aromatic carbocycles. The number of hydrogen-bond acceptors (Lipinski definition) is 1. The molecule has 0 saturated carbocycles. The van der Waals surface area contributed by atoms with Crippen LogP contribution in [0.5, 0.6) is 0 Å². The number of hydrogen-bond donors (Lipinski definition) is 0. The minimum atomic E-state index is -0.851. The van der Waals surface area contributed by atoms with Crippen molar-refractivity contribution in [2.75, 3.05) is 6.61 Å². The summed E-state index contributed by atoms with van der Waals surface area (Å²) in [5, 5.41) is 0. The topological polar surface area (TPSA) is 9.23 Å². The summed E-state index contributed by atoms with van der Waals surface area (Å²) >= 11 is 0. The Kier molecular flexibility index (Phi) is 4.18. The van der Waals surface area contributed by atoms with Crippen molar-refractivity contribution in [1.82, 2.24) is 0 Å². The lowest BCUT2D eigenvalue weighted by Crippen LogP contribution is -2.18. The van der Waals surface area contributed by atoms with Crippen molar-refractivity contribution in [1.29, 1.82) is 0 Å². The van der Waals surface area contributed by atoms with E-state index in [0.717, 1.165) is 12.5 Å². The average Bonchev–Trinajstić information content (AvgIpc) is 2.42. The van der Waals surface area contributed by atoms with Crippen molar-refractivity contribution < 1.29 is 4.43 Å². The largest absolute Gasteiger partial charge is 0.417 e. The third-order valence-electron chi connectivity index (χ3n) is 3.46. The third kappa shape index (κ3) is 3.76. The molecule has 0 bridgehead atoms. The lowest BCUT2D eigenvalue weighted by molar-refractivity contribution is 0.244. The molecule has 1 unspecified atom stereocenters. The van der Waals surface area contributed by atoms with Crippen LogP contribution in [0.2, 0.25) is 13.1 Å². The van der Waals surface area contributed by atoms with Gasteiger partial charge in [-0.3, -0.25) is 0 Å². The molecule has 1 nitrogen and oxygen atoms in total. The molecule has 88 valence electrons. The molecular weight excluding hydrogens is 200 g/mol.